The number of carbonyl (C=O) groups excluding carboxylic acids is 4. The van der Waals surface area contributed by atoms with Gasteiger partial charge in [0.2, 0.25) is 11.8 Å². The number of carbonyl (C=O) groups is 4. The number of aryl methyl sites for hydroxylation is 2. The number of fused-ring (bicyclic) bond motifs is 2. The van der Waals surface area contributed by atoms with Crippen LogP contribution in [-0.4, -0.2) is 92.0 Å². The summed E-state index contributed by atoms with van der Waals surface area (Å²) in [6.07, 6.45) is 16.6. The predicted octanol–water partition coefficient (Wildman–Crippen LogP) is 5.01. The molecule has 13 nitrogen and oxygen atoms in total. The summed E-state index contributed by atoms with van der Waals surface area (Å²) in [6.45, 7) is 0.963. The third kappa shape index (κ3) is 8.92. The van der Waals surface area contributed by atoms with Gasteiger partial charge in [0.1, 0.15) is 18.4 Å². The minimum Gasteiger partial charge on any atom is -0.368 e. The summed E-state index contributed by atoms with van der Waals surface area (Å²) >= 11 is 10.1. The molecule has 3 atom stereocenters. The lowest BCUT2D eigenvalue weighted by atomic mass is 9.94. The van der Waals surface area contributed by atoms with Gasteiger partial charge in [-0.25, -0.2) is 14.6 Å². The Balaban J connectivity index is 1.13. The van der Waals surface area contributed by atoms with Crippen molar-refractivity contribution in [3.05, 3.63) is 80.6 Å². The molecule has 3 aliphatic carbocycles. The maximum Gasteiger partial charge on any atom is 0.327 e. The van der Waals surface area contributed by atoms with Crippen LogP contribution in [0.2, 0.25) is 5.02 Å². The minimum atomic E-state index is -1.12. The van der Waals surface area contributed by atoms with Crippen LogP contribution in [0.15, 0.2) is 47.5 Å². The van der Waals surface area contributed by atoms with Crippen LogP contribution >= 0.6 is 27.5 Å². The fraction of sp³-hybridized carbons (Fsp3) is 0.538. The number of urea groups is 1. The monoisotopic (exact) mass is 821 g/mol. The highest BCUT2D eigenvalue weighted by molar-refractivity contribution is 9.10. The Morgan fingerprint density at radius 3 is 2.28 bits per heavy atom. The zero-order valence-electron chi connectivity index (χ0n) is 30.4. The number of nitrogens with zero attached hydrogens (tertiary/aromatic N) is 5. The van der Waals surface area contributed by atoms with Crippen molar-refractivity contribution in [2.75, 3.05) is 19.6 Å². The van der Waals surface area contributed by atoms with Gasteiger partial charge >= 0.3 is 12.1 Å². The van der Waals surface area contributed by atoms with E-state index in [1.807, 2.05) is 18.2 Å². The molecule has 3 fully saturated rings. The molecule has 0 spiro atoms. The lowest BCUT2D eigenvalue weighted by Gasteiger charge is -2.44. The number of nitrogens with one attached hydrogen (secondary N) is 3. The summed E-state index contributed by atoms with van der Waals surface area (Å²) < 4.78 is 2.25. The molecule has 2 saturated carbocycles. The van der Waals surface area contributed by atoms with Crippen LogP contribution in [0.25, 0.3) is 0 Å². The second-order valence-electron chi connectivity index (χ2n) is 15.2. The van der Waals surface area contributed by atoms with Crippen molar-refractivity contribution >= 4 is 51.4 Å². The highest BCUT2D eigenvalue weighted by Crippen LogP contribution is 2.38. The number of piperazine rings is 1. The number of amides is 5. The first kappa shape index (κ1) is 38.3. The zero-order valence-corrected chi connectivity index (χ0v) is 32.8. The number of pyridine rings is 1. The number of primary amides is 1. The van der Waals surface area contributed by atoms with E-state index in [1.54, 1.807) is 17.3 Å². The van der Waals surface area contributed by atoms with E-state index in [1.165, 1.54) is 17.3 Å². The van der Waals surface area contributed by atoms with E-state index >= 15 is 0 Å². The smallest absolute Gasteiger partial charge is 0.327 e. The van der Waals surface area contributed by atoms with Crippen molar-refractivity contribution in [1.29, 1.82) is 0 Å². The molecule has 5 amide bonds. The van der Waals surface area contributed by atoms with Crippen LogP contribution in [0.4, 0.5) is 9.59 Å². The number of rotatable bonds is 8. The normalized spacial score (nSPS) is 21.6. The first-order valence-electron chi connectivity index (χ1n) is 19.3. The van der Waals surface area contributed by atoms with Gasteiger partial charge in [0.25, 0.3) is 0 Å². The van der Waals surface area contributed by atoms with E-state index in [4.69, 9.17) is 22.3 Å². The van der Waals surface area contributed by atoms with Gasteiger partial charge in [0, 0.05) is 60.0 Å². The summed E-state index contributed by atoms with van der Waals surface area (Å²) in [6, 6.07) is 5.25. The summed E-state index contributed by atoms with van der Waals surface area (Å²) in [7, 11) is 0. The summed E-state index contributed by atoms with van der Waals surface area (Å²) in [4.78, 5) is 67.2. The number of nitrogens with two attached hydrogens (primary N) is 1. The van der Waals surface area contributed by atoms with Gasteiger partial charge in [-0.1, -0.05) is 56.2 Å². The molecule has 5 N–H and O–H groups in total. The van der Waals surface area contributed by atoms with Gasteiger partial charge < -0.3 is 26.6 Å². The van der Waals surface area contributed by atoms with Crippen molar-refractivity contribution in [1.82, 2.24) is 40.3 Å². The van der Waals surface area contributed by atoms with Gasteiger partial charge in [-0.05, 0) is 89.3 Å². The second kappa shape index (κ2) is 17.2. The summed E-state index contributed by atoms with van der Waals surface area (Å²) in [5.41, 5.74) is 10.5. The molecule has 7 rings (SSSR count). The van der Waals surface area contributed by atoms with Crippen molar-refractivity contribution in [3.63, 3.8) is 0 Å². The third-order valence-electron chi connectivity index (χ3n) is 11.4. The first-order chi connectivity index (χ1) is 26.1. The molecule has 54 heavy (non-hydrogen) atoms. The maximum absolute atomic E-state index is 14.4. The average Bonchev–Trinajstić information content (AvgIpc) is 3.58. The van der Waals surface area contributed by atoms with Gasteiger partial charge in [0.15, 0.2) is 0 Å². The van der Waals surface area contributed by atoms with E-state index in [0.717, 1.165) is 97.5 Å². The second-order valence-corrected chi connectivity index (χ2v) is 16.5. The number of benzene rings is 1. The Hall–Kier alpha value is -4.01. The summed E-state index contributed by atoms with van der Waals surface area (Å²) in [5, 5.41) is 9.77. The van der Waals surface area contributed by atoms with Crippen molar-refractivity contribution in [2.45, 2.75) is 114 Å². The number of halogens is 2. The van der Waals surface area contributed by atoms with Gasteiger partial charge in [0.05, 0.1) is 17.4 Å². The SMILES string of the molecule is NC(=O)[C@H](Cc1cn(C(=O)NC2CCCCC2)cn1)NC(=O)[C@H]1CN(C2c3ccc(Cl)cc3CCc3cc(Br)cnc32)CCN1C(=O)NC1CCCCC1. The van der Waals surface area contributed by atoms with Crippen LogP contribution in [-0.2, 0) is 28.9 Å². The molecule has 288 valence electrons. The fourth-order valence-electron chi connectivity index (χ4n) is 8.57. The molecule has 2 aromatic heterocycles. The van der Waals surface area contributed by atoms with Crippen LogP contribution < -0.4 is 21.7 Å². The molecule has 0 bridgehead atoms. The van der Waals surface area contributed by atoms with Crippen LogP contribution in [0, 0.1) is 0 Å². The van der Waals surface area contributed by atoms with Crippen LogP contribution in [0.3, 0.4) is 0 Å². The molecule has 1 saturated heterocycles. The lowest BCUT2D eigenvalue weighted by molar-refractivity contribution is -0.132. The molecule has 1 aromatic carbocycles. The molecular formula is C39H49BrClN9O4. The fourth-order valence-corrected chi connectivity index (χ4v) is 9.14. The Bertz CT molecular complexity index is 1810. The molecule has 4 aliphatic rings. The van der Waals surface area contributed by atoms with Crippen molar-refractivity contribution in [2.24, 2.45) is 5.73 Å². The molecule has 3 heterocycles. The maximum atomic E-state index is 14.4. The van der Waals surface area contributed by atoms with Gasteiger partial charge in [-0.3, -0.25) is 24.0 Å². The Kier molecular flexibility index (Phi) is 12.2. The lowest BCUT2D eigenvalue weighted by Crippen LogP contribution is -2.65. The molecule has 15 heteroatoms. The van der Waals surface area contributed by atoms with E-state index in [-0.39, 0.29) is 49.7 Å². The number of aromatic nitrogens is 3. The van der Waals surface area contributed by atoms with E-state index in [9.17, 15) is 19.2 Å². The standard InChI is InChI=1S/C39H49BrClN9O4/c40-26-17-25-12-11-24-18-27(41)13-14-31(24)35(34(25)43-20-26)48-15-16-50(39(54)46-29-9-5-2-6-10-29)33(22-48)37(52)47-32(36(42)51)19-30-21-49(23-44-30)38(53)45-28-7-3-1-4-8-28/h13-14,17-18,20-21,23,28-29,32-33,35H,1-12,15-16,19,22H2,(H2,42,51)(H,45,53)(H,46,54)(H,47,52)/t32-,33+,35?/m0/s1. The van der Waals surface area contributed by atoms with E-state index in [0.29, 0.717) is 17.3 Å². The van der Waals surface area contributed by atoms with Crippen molar-refractivity contribution < 1.29 is 19.2 Å². The third-order valence-corrected chi connectivity index (χ3v) is 12.1. The highest BCUT2D eigenvalue weighted by Gasteiger charge is 2.41. The van der Waals surface area contributed by atoms with Crippen LogP contribution in [0.5, 0.6) is 0 Å². The molecule has 1 aliphatic heterocycles. The van der Waals surface area contributed by atoms with E-state index < -0.39 is 23.9 Å². The molecule has 0 radical (unpaired) electrons. The average molecular weight is 823 g/mol. The first-order valence-corrected chi connectivity index (χ1v) is 20.5. The van der Waals surface area contributed by atoms with Crippen molar-refractivity contribution in [3.8, 4) is 0 Å². The number of hydrogen-bond acceptors (Lipinski definition) is 7. The largest absolute Gasteiger partial charge is 0.368 e. The Labute approximate surface area is 329 Å². The molecule has 1 unspecified atom stereocenters. The van der Waals surface area contributed by atoms with Gasteiger partial charge in [-0.15, -0.1) is 0 Å². The van der Waals surface area contributed by atoms with Crippen LogP contribution in [0.1, 0.15) is 98.3 Å². The van der Waals surface area contributed by atoms with E-state index in [2.05, 4.69) is 47.8 Å². The minimum absolute atomic E-state index is 0.0155. The number of imidazole rings is 1. The Morgan fingerprint density at radius 2 is 1.57 bits per heavy atom. The Morgan fingerprint density at radius 1 is 0.889 bits per heavy atom. The summed E-state index contributed by atoms with van der Waals surface area (Å²) in [5.74, 6) is -1.24. The topological polar surface area (TPSA) is 168 Å². The molecular weight excluding hydrogens is 774 g/mol. The highest BCUT2D eigenvalue weighted by atomic mass is 79.9. The quantitative estimate of drug-likeness (QED) is 0.248. The molecule has 3 aromatic rings. The number of hydrogen-bond donors (Lipinski definition) is 4. The van der Waals surface area contributed by atoms with Gasteiger partial charge in [-0.2, -0.15) is 0 Å². The predicted molar refractivity (Wildman–Crippen MR) is 208 cm³/mol. The zero-order chi connectivity index (χ0) is 37.8.